The highest BCUT2D eigenvalue weighted by atomic mass is 35.5. The van der Waals surface area contributed by atoms with Crippen LogP contribution in [0.1, 0.15) is 16.7 Å². The number of benzene rings is 3. The number of ether oxygens (including phenoxy) is 1. The summed E-state index contributed by atoms with van der Waals surface area (Å²) >= 11 is 7.55. The highest BCUT2D eigenvalue weighted by molar-refractivity contribution is 8.18. The number of carbonyl (C=O) groups excluding carboxylic acids is 2. The lowest BCUT2D eigenvalue weighted by Gasteiger charge is -2.10. The quantitative estimate of drug-likeness (QED) is 0.399. The molecule has 35 heavy (non-hydrogen) atoms. The number of carbonyl (C=O) groups is 2. The molecule has 1 aliphatic heterocycles. The van der Waals surface area contributed by atoms with Crippen molar-refractivity contribution in [2.75, 3.05) is 11.9 Å². The number of para-hydroxylation sites is 1. The number of hydrogen-bond acceptors (Lipinski definition) is 5. The van der Waals surface area contributed by atoms with E-state index in [2.05, 4.69) is 15.6 Å². The standard InChI is InChI=1S/C26H21ClFN3O3S/c1-15-7-9-20(16(2)11-15)30-26-31-25(33)23(35-26)13-17-8-10-22(18(27)12-17)34-14-24(32)29-21-6-4-3-5-19(21)28/h3-13H,14H2,1-2H3,(H,29,32)(H,30,31,33)/b23-13-. The number of nitrogens with one attached hydrogen (secondary N) is 2. The van der Waals surface area contributed by atoms with Crippen molar-refractivity contribution in [1.82, 2.24) is 5.32 Å². The molecule has 3 aromatic carbocycles. The van der Waals surface area contributed by atoms with Gasteiger partial charge in [-0.3, -0.25) is 9.59 Å². The third-order valence-electron chi connectivity index (χ3n) is 4.99. The van der Waals surface area contributed by atoms with E-state index in [4.69, 9.17) is 16.3 Å². The van der Waals surface area contributed by atoms with Gasteiger partial charge in [-0.25, -0.2) is 9.38 Å². The molecule has 0 spiro atoms. The molecule has 1 aliphatic rings. The van der Waals surface area contributed by atoms with E-state index in [0.29, 0.717) is 15.6 Å². The largest absolute Gasteiger partial charge is 0.482 e. The molecular weight excluding hydrogens is 489 g/mol. The summed E-state index contributed by atoms with van der Waals surface area (Å²) in [6.07, 6.45) is 1.70. The van der Waals surface area contributed by atoms with Crippen LogP contribution in [0.25, 0.3) is 6.08 Å². The average molecular weight is 510 g/mol. The number of aliphatic imine (C=N–C) groups is 1. The second kappa shape index (κ2) is 10.8. The monoisotopic (exact) mass is 509 g/mol. The minimum absolute atomic E-state index is 0.0713. The number of rotatable bonds is 6. The van der Waals surface area contributed by atoms with Crippen LogP contribution in [-0.4, -0.2) is 23.6 Å². The molecule has 9 heteroatoms. The molecule has 0 aliphatic carbocycles. The number of halogens is 2. The Morgan fingerprint density at radius 1 is 1.17 bits per heavy atom. The van der Waals surface area contributed by atoms with Crippen molar-refractivity contribution in [2.24, 2.45) is 4.99 Å². The molecule has 6 nitrogen and oxygen atoms in total. The van der Waals surface area contributed by atoms with Gasteiger partial charge in [0.2, 0.25) is 0 Å². The molecule has 1 saturated heterocycles. The van der Waals surface area contributed by atoms with E-state index in [1.165, 1.54) is 30.0 Å². The highest BCUT2D eigenvalue weighted by Gasteiger charge is 2.24. The van der Waals surface area contributed by atoms with Crippen LogP contribution < -0.4 is 15.4 Å². The number of amides is 2. The van der Waals surface area contributed by atoms with Crippen LogP contribution in [0, 0.1) is 19.7 Å². The zero-order chi connectivity index (χ0) is 24.9. The SMILES string of the molecule is Cc1ccc(N=C2NC(=O)/C(=C/c3ccc(OCC(=O)Nc4ccccc4F)c(Cl)c3)S2)c(C)c1. The van der Waals surface area contributed by atoms with Crippen molar-refractivity contribution in [1.29, 1.82) is 0 Å². The molecule has 3 aromatic rings. The Morgan fingerprint density at radius 2 is 1.97 bits per heavy atom. The first kappa shape index (κ1) is 24.5. The van der Waals surface area contributed by atoms with Gasteiger partial charge in [-0.05, 0) is 73.1 Å². The summed E-state index contributed by atoms with van der Waals surface area (Å²) < 4.78 is 19.1. The van der Waals surface area contributed by atoms with Gasteiger partial charge >= 0.3 is 0 Å². The summed E-state index contributed by atoms with van der Waals surface area (Å²) in [7, 11) is 0. The molecule has 178 valence electrons. The fourth-order valence-electron chi connectivity index (χ4n) is 3.29. The van der Waals surface area contributed by atoms with Crippen molar-refractivity contribution in [2.45, 2.75) is 13.8 Å². The third kappa shape index (κ3) is 6.29. The lowest BCUT2D eigenvalue weighted by molar-refractivity contribution is -0.118. The number of amidine groups is 1. The van der Waals surface area contributed by atoms with Gasteiger partial charge < -0.3 is 15.4 Å². The van der Waals surface area contributed by atoms with Gasteiger partial charge in [0.15, 0.2) is 11.8 Å². The van der Waals surface area contributed by atoms with Gasteiger partial charge in [-0.2, -0.15) is 0 Å². The van der Waals surface area contributed by atoms with E-state index in [0.717, 1.165) is 16.8 Å². The minimum atomic E-state index is -0.535. The van der Waals surface area contributed by atoms with E-state index >= 15 is 0 Å². The van der Waals surface area contributed by atoms with E-state index in [1.54, 1.807) is 30.3 Å². The second-order valence-corrected chi connectivity index (χ2v) is 9.22. The van der Waals surface area contributed by atoms with Gasteiger partial charge in [-0.1, -0.05) is 47.5 Å². The maximum absolute atomic E-state index is 13.7. The predicted molar refractivity (Wildman–Crippen MR) is 139 cm³/mol. The Balaban J connectivity index is 1.40. The summed E-state index contributed by atoms with van der Waals surface area (Å²) in [5.74, 6) is -1.02. The minimum Gasteiger partial charge on any atom is -0.482 e. The lowest BCUT2D eigenvalue weighted by Crippen LogP contribution is -2.20. The average Bonchev–Trinajstić information content (AvgIpc) is 3.15. The Bertz CT molecular complexity index is 1370. The summed E-state index contributed by atoms with van der Waals surface area (Å²) in [4.78, 5) is 29.5. The van der Waals surface area contributed by atoms with Crippen molar-refractivity contribution in [3.05, 3.63) is 93.1 Å². The van der Waals surface area contributed by atoms with Crippen molar-refractivity contribution in [3.8, 4) is 5.75 Å². The van der Waals surface area contributed by atoms with E-state index in [1.807, 2.05) is 32.0 Å². The van der Waals surface area contributed by atoms with E-state index < -0.39 is 11.7 Å². The van der Waals surface area contributed by atoms with E-state index in [-0.39, 0.29) is 29.0 Å². The maximum Gasteiger partial charge on any atom is 0.264 e. The van der Waals surface area contributed by atoms with Crippen LogP contribution in [-0.2, 0) is 9.59 Å². The number of hydrogen-bond donors (Lipinski definition) is 2. The Labute approximate surface area is 211 Å². The normalized spacial score (nSPS) is 15.4. The van der Waals surface area contributed by atoms with E-state index in [9.17, 15) is 14.0 Å². The Morgan fingerprint density at radius 3 is 2.71 bits per heavy atom. The third-order valence-corrected chi connectivity index (χ3v) is 6.19. The maximum atomic E-state index is 13.7. The molecule has 2 amide bonds. The van der Waals surface area contributed by atoms with Gasteiger partial charge in [0.05, 0.1) is 21.3 Å². The van der Waals surface area contributed by atoms with Gasteiger partial charge in [0, 0.05) is 0 Å². The lowest BCUT2D eigenvalue weighted by atomic mass is 10.1. The fraction of sp³-hybridized carbons (Fsp3) is 0.115. The number of aryl methyl sites for hydroxylation is 2. The highest BCUT2D eigenvalue weighted by Crippen LogP contribution is 2.31. The second-order valence-electron chi connectivity index (χ2n) is 7.78. The first-order chi connectivity index (χ1) is 16.8. The van der Waals surface area contributed by atoms with Crippen LogP contribution in [0.15, 0.2) is 70.6 Å². The molecule has 2 N–H and O–H groups in total. The summed E-state index contributed by atoms with van der Waals surface area (Å²) in [6.45, 7) is 3.64. The fourth-order valence-corrected chi connectivity index (χ4v) is 4.37. The Kier molecular flexibility index (Phi) is 7.53. The predicted octanol–water partition coefficient (Wildman–Crippen LogP) is 6.01. The first-order valence-electron chi connectivity index (χ1n) is 10.6. The van der Waals surface area contributed by atoms with Crippen LogP contribution in [0.3, 0.4) is 0 Å². The molecule has 1 fully saturated rings. The van der Waals surface area contributed by atoms with Gasteiger partial charge in [-0.15, -0.1) is 0 Å². The summed E-state index contributed by atoms with van der Waals surface area (Å²) in [5.41, 5.74) is 3.72. The topological polar surface area (TPSA) is 79.8 Å². The smallest absolute Gasteiger partial charge is 0.264 e. The molecule has 1 heterocycles. The van der Waals surface area contributed by atoms with Crippen molar-refractivity contribution < 1.29 is 18.7 Å². The summed E-state index contributed by atoms with van der Waals surface area (Å²) in [5, 5.41) is 5.99. The Hall–Kier alpha value is -3.62. The zero-order valence-corrected chi connectivity index (χ0v) is 20.5. The molecular formula is C26H21ClFN3O3S. The van der Waals surface area contributed by atoms with Crippen molar-refractivity contribution in [3.63, 3.8) is 0 Å². The van der Waals surface area contributed by atoms with Gasteiger partial charge in [0.1, 0.15) is 11.6 Å². The molecule has 0 unspecified atom stereocenters. The van der Waals surface area contributed by atoms with Crippen molar-refractivity contribution >= 4 is 57.8 Å². The molecule has 0 bridgehead atoms. The molecule has 0 atom stereocenters. The molecule has 0 saturated carbocycles. The van der Waals surface area contributed by atoms with Crippen LogP contribution >= 0.6 is 23.4 Å². The van der Waals surface area contributed by atoms with Gasteiger partial charge in [0.25, 0.3) is 11.8 Å². The molecule has 0 radical (unpaired) electrons. The number of anilines is 1. The first-order valence-corrected chi connectivity index (χ1v) is 11.8. The van der Waals surface area contributed by atoms with Crippen LogP contribution in [0.4, 0.5) is 15.8 Å². The number of nitrogens with zero attached hydrogens (tertiary/aromatic N) is 1. The number of thioether (sulfide) groups is 1. The zero-order valence-electron chi connectivity index (χ0n) is 18.9. The van der Waals surface area contributed by atoms with Crippen LogP contribution in [0.5, 0.6) is 5.75 Å². The van der Waals surface area contributed by atoms with Crippen LogP contribution in [0.2, 0.25) is 5.02 Å². The molecule has 4 rings (SSSR count). The summed E-state index contributed by atoms with van der Waals surface area (Å²) in [6, 6.07) is 16.7. The molecule has 0 aromatic heterocycles.